The molecule has 90 valence electrons. The molecule has 0 amide bonds. The van der Waals surface area contributed by atoms with Crippen molar-refractivity contribution < 1.29 is 0 Å². The highest BCUT2D eigenvalue weighted by molar-refractivity contribution is 5.35. The van der Waals surface area contributed by atoms with Crippen LogP contribution < -0.4 is 11.3 Å². The molecule has 4 nitrogen and oxygen atoms in total. The van der Waals surface area contributed by atoms with Crippen LogP contribution in [0.25, 0.3) is 0 Å². The lowest BCUT2D eigenvalue weighted by atomic mass is 10.1. The number of rotatable bonds is 5. The van der Waals surface area contributed by atoms with E-state index in [0.717, 1.165) is 24.4 Å². The number of nitrogen functional groups attached to an aromatic ring is 1. The lowest BCUT2D eigenvalue weighted by Crippen LogP contribution is -2.12. The number of aryl methyl sites for hydroxylation is 1. The standard InChI is InChI=1S/C12H22N4/c1-8(2)5-6-11-14-10(9(3)4)7-12(15-11)16-13/h7-9H,5-6,13H2,1-4H3,(H,14,15,16). The number of hydrazine groups is 1. The first-order chi connectivity index (χ1) is 7.52. The second kappa shape index (κ2) is 5.80. The topological polar surface area (TPSA) is 63.8 Å². The van der Waals surface area contributed by atoms with E-state index in [-0.39, 0.29) is 0 Å². The van der Waals surface area contributed by atoms with Crippen LogP contribution in [0.2, 0.25) is 0 Å². The summed E-state index contributed by atoms with van der Waals surface area (Å²) in [6.45, 7) is 8.65. The zero-order valence-corrected chi connectivity index (χ0v) is 10.6. The van der Waals surface area contributed by atoms with Gasteiger partial charge in [-0.1, -0.05) is 27.7 Å². The number of anilines is 1. The van der Waals surface area contributed by atoms with Crippen molar-refractivity contribution in [3.63, 3.8) is 0 Å². The Labute approximate surface area is 97.7 Å². The average molecular weight is 222 g/mol. The van der Waals surface area contributed by atoms with E-state index in [2.05, 4.69) is 43.1 Å². The molecule has 0 bridgehead atoms. The number of nitrogens with two attached hydrogens (primary N) is 1. The molecule has 16 heavy (non-hydrogen) atoms. The fourth-order valence-electron chi connectivity index (χ4n) is 1.42. The summed E-state index contributed by atoms with van der Waals surface area (Å²) in [5.74, 6) is 8.06. The molecule has 0 saturated carbocycles. The van der Waals surface area contributed by atoms with Gasteiger partial charge in [0.25, 0.3) is 0 Å². The first kappa shape index (κ1) is 12.9. The van der Waals surface area contributed by atoms with E-state index < -0.39 is 0 Å². The van der Waals surface area contributed by atoms with E-state index in [9.17, 15) is 0 Å². The molecule has 0 aliphatic carbocycles. The van der Waals surface area contributed by atoms with Crippen LogP contribution in [0.1, 0.15) is 51.6 Å². The van der Waals surface area contributed by atoms with Crippen molar-refractivity contribution in [1.29, 1.82) is 0 Å². The second-order valence-corrected chi connectivity index (χ2v) is 4.83. The maximum absolute atomic E-state index is 5.40. The predicted octanol–water partition coefficient (Wildman–Crippen LogP) is 2.47. The third-order valence-corrected chi connectivity index (χ3v) is 2.48. The van der Waals surface area contributed by atoms with Gasteiger partial charge in [0.1, 0.15) is 11.6 Å². The fourth-order valence-corrected chi connectivity index (χ4v) is 1.42. The lowest BCUT2D eigenvalue weighted by Gasteiger charge is -2.10. The number of hydrogen-bond donors (Lipinski definition) is 2. The normalized spacial score (nSPS) is 11.2. The molecule has 0 aliphatic heterocycles. The average Bonchev–Trinajstić information content (AvgIpc) is 2.25. The Hall–Kier alpha value is -1.16. The minimum atomic E-state index is 0.396. The van der Waals surface area contributed by atoms with Crippen molar-refractivity contribution in [2.24, 2.45) is 11.8 Å². The summed E-state index contributed by atoms with van der Waals surface area (Å²) >= 11 is 0. The van der Waals surface area contributed by atoms with Crippen LogP contribution in [-0.4, -0.2) is 9.97 Å². The molecule has 0 saturated heterocycles. The van der Waals surface area contributed by atoms with Crippen molar-refractivity contribution in [2.75, 3.05) is 5.43 Å². The molecule has 1 heterocycles. The van der Waals surface area contributed by atoms with Gasteiger partial charge in [0.2, 0.25) is 0 Å². The summed E-state index contributed by atoms with van der Waals surface area (Å²) in [6.07, 6.45) is 2.01. The smallest absolute Gasteiger partial charge is 0.143 e. The minimum absolute atomic E-state index is 0.396. The van der Waals surface area contributed by atoms with Gasteiger partial charge in [-0.3, -0.25) is 0 Å². The molecule has 4 heteroatoms. The summed E-state index contributed by atoms with van der Waals surface area (Å²) in [6, 6.07) is 1.91. The maximum atomic E-state index is 5.40. The molecule has 3 N–H and O–H groups in total. The van der Waals surface area contributed by atoms with Gasteiger partial charge in [-0.2, -0.15) is 0 Å². The molecule has 0 aliphatic rings. The van der Waals surface area contributed by atoms with Crippen molar-refractivity contribution in [1.82, 2.24) is 9.97 Å². The molecule has 0 atom stereocenters. The third kappa shape index (κ3) is 3.77. The monoisotopic (exact) mass is 222 g/mol. The molecule has 1 aromatic rings. The van der Waals surface area contributed by atoms with Crippen LogP contribution in [0.3, 0.4) is 0 Å². The van der Waals surface area contributed by atoms with Gasteiger partial charge in [-0.05, 0) is 18.3 Å². The zero-order valence-electron chi connectivity index (χ0n) is 10.6. The van der Waals surface area contributed by atoms with Crippen LogP contribution >= 0.6 is 0 Å². The van der Waals surface area contributed by atoms with Gasteiger partial charge in [-0.15, -0.1) is 0 Å². The quantitative estimate of drug-likeness (QED) is 0.593. The van der Waals surface area contributed by atoms with Gasteiger partial charge in [0, 0.05) is 18.2 Å². The summed E-state index contributed by atoms with van der Waals surface area (Å²) in [7, 11) is 0. The number of aromatic nitrogens is 2. The second-order valence-electron chi connectivity index (χ2n) is 4.83. The number of hydrogen-bond acceptors (Lipinski definition) is 4. The van der Waals surface area contributed by atoms with Crippen molar-refractivity contribution >= 4 is 5.82 Å². The fraction of sp³-hybridized carbons (Fsp3) is 0.667. The van der Waals surface area contributed by atoms with Crippen molar-refractivity contribution in [3.05, 3.63) is 17.6 Å². The van der Waals surface area contributed by atoms with Crippen LogP contribution in [-0.2, 0) is 6.42 Å². The molecule has 0 radical (unpaired) electrons. The zero-order chi connectivity index (χ0) is 12.1. The summed E-state index contributed by atoms with van der Waals surface area (Å²) < 4.78 is 0. The Morgan fingerprint density at radius 3 is 2.44 bits per heavy atom. The molecule has 0 aromatic carbocycles. The van der Waals surface area contributed by atoms with Crippen LogP contribution in [0.15, 0.2) is 6.07 Å². The molecule has 1 rings (SSSR count). The molecule has 1 aromatic heterocycles. The number of nitrogens with zero attached hydrogens (tertiary/aromatic N) is 2. The van der Waals surface area contributed by atoms with E-state index in [1.807, 2.05) is 6.07 Å². The largest absolute Gasteiger partial charge is 0.308 e. The summed E-state index contributed by atoms with van der Waals surface area (Å²) in [5.41, 5.74) is 3.64. The van der Waals surface area contributed by atoms with E-state index in [1.165, 1.54) is 0 Å². The highest BCUT2D eigenvalue weighted by Crippen LogP contribution is 2.16. The van der Waals surface area contributed by atoms with Gasteiger partial charge in [0.15, 0.2) is 0 Å². The van der Waals surface area contributed by atoms with Gasteiger partial charge in [-0.25, -0.2) is 15.8 Å². The van der Waals surface area contributed by atoms with Crippen LogP contribution in [0, 0.1) is 5.92 Å². The van der Waals surface area contributed by atoms with E-state index in [0.29, 0.717) is 17.7 Å². The molecular formula is C12H22N4. The van der Waals surface area contributed by atoms with E-state index >= 15 is 0 Å². The van der Waals surface area contributed by atoms with Crippen LogP contribution in [0.5, 0.6) is 0 Å². The van der Waals surface area contributed by atoms with Crippen LogP contribution in [0.4, 0.5) is 5.82 Å². The molecule has 0 spiro atoms. The summed E-state index contributed by atoms with van der Waals surface area (Å²) in [4.78, 5) is 8.91. The van der Waals surface area contributed by atoms with Gasteiger partial charge < -0.3 is 5.43 Å². The lowest BCUT2D eigenvalue weighted by molar-refractivity contribution is 0.572. The van der Waals surface area contributed by atoms with Gasteiger partial charge >= 0.3 is 0 Å². The Balaban J connectivity index is 2.86. The first-order valence-corrected chi connectivity index (χ1v) is 5.87. The van der Waals surface area contributed by atoms with Crippen molar-refractivity contribution in [3.8, 4) is 0 Å². The third-order valence-electron chi connectivity index (χ3n) is 2.48. The first-order valence-electron chi connectivity index (χ1n) is 5.87. The molecule has 0 fully saturated rings. The molecule has 0 unspecified atom stereocenters. The summed E-state index contributed by atoms with van der Waals surface area (Å²) in [5, 5.41) is 0. The van der Waals surface area contributed by atoms with E-state index in [4.69, 9.17) is 5.84 Å². The number of nitrogens with one attached hydrogen (secondary N) is 1. The molecular weight excluding hydrogens is 200 g/mol. The van der Waals surface area contributed by atoms with Crippen molar-refractivity contribution in [2.45, 2.75) is 46.5 Å². The van der Waals surface area contributed by atoms with E-state index in [1.54, 1.807) is 0 Å². The predicted molar refractivity (Wildman–Crippen MR) is 67.1 cm³/mol. The highest BCUT2D eigenvalue weighted by atomic mass is 15.3. The Kier molecular flexibility index (Phi) is 4.68. The minimum Gasteiger partial charge on any atom is -0.308 e. The highest BCUT2D eigenvalue weighted by Gasteiger charge is 2.07. The Morgan fingerprint density at radius 1 is 1.25 bits per heavy atom. The Morgan fingerprint density at radius 2 is 1.94 bits per heavy atom. The van der Waals surface area contributed by atoms with Gasteiger partial charge in [0.05, 0.1) is 0 Å². The maximum Gasteiger partial charge on any atom is 0.143 e. The SMILES string of the molecule is CC(C)CCc1nc(NN)cc(C(C)C)n1. The Bertz CT molecular complexity index is 334.